The summed E-state index contributed by atoms with van der Waals surface area (Å²) in [4.78, 5) is 1.23. The molecule has 0 bridgehead atoms. The summed E-state index contributed by atoms with van der Waals surface area (Å²) in [6.45, 7) is 2.92. The molecule has 0 spiro atoms. The number of thiophene rings is 1. The van der Waals surface area contributed by atoms with E-state index in [0.29, 0.717) is 12.2 Å². The summed E-state index contributed by atoms with van der Waals surface area (Å²) in [6.07, 6.45) is 0.465. The predicted molar refractivity (Wildman–Crippen MR) is 85.8 cm³/mol. The zero-order valence-corrected chi connectivity index (χ0v) is 13.7. The molecule has 0 saturated carbocycles. The molecule has 1 fully saturated rings. The molecule has 2 aromatic rings. The van der Waals surface area contributed by atoms with Gasteiger partial charge in [-0.1, -0.05) is 25.1 Å². The van der Waals surface area contributed by atoms with Crippen LogP contribution in [0, 0.1) is 5.82 Å². The van der Waals surface area contributed by atoms with E-state index < -0.39 is 0 Å². The summed E-state index contributed by atoms with van der Waals surface area (Å²) in [5.74, 6) is -0.235. The highest BCUT2D eigenvalue weighted by atomic mass is 32.1. The van der Waals surface area contributed by atoms with Crippen LogP contribution < -0.4 is 0 Å². The largest absolute Gasteiger partial charge is 0.368 e. The monoisotopic (exact) mass is 334 g/mol. The van der Waals surface area contributed by atoms with E-state index in [1.54, 1.807) is 23.5 Å². The number of fused-ring (bicyclic) bond motifs is 3. The Hall–Kier alpha value is -1.27. The molecule has 0 amide bonds. The van der Waals surface area contributed by atoms with Gasteiger partial charge in [0.25, 0.3) is 0 Å². The molecule has 0 N–H and O–H groups in total. The molecular formula is C18H19FO3S. The van der Waals surface area contributed by atoms with Crippen LogP contribution in [0.3, 0.4) is 0 Å². The van der Waals surface area contributed by atoms with Crippen molar-refractivity contribution in [2.24, 2.45) is 0 Å². The average molecular weight is 334 g/mol. The van der Waals surface area contributed by atoms with Crippen molar-refractivity contribution in [3.05, 3.63) is 57.5 Å². The fourth-order valence-electron chi connectivity index (χ4n) is 3.38. The summed E-state index contributed by atoms with van der Waals surface area (Å²) in [5, 5.41) is 2.08. The van der Waals surface area contributed by atoms with E-state index in [1.165, 1.54) is 16.5 Å². The van der Waals surface area contributed by atoms with Crippen molar-refractivity contribution in [2.45, 2.75) is 51.0 Å². The quantitative estimate of drug-likeness (QED) is 0.838. The van der Waals surface area contributed by atoms with Crippen molar-refractivity contribution in [2.75, 3.05) is 0 Å². The number of benzene rings is 1. The van der Waals surface area contributed by atoms with Crippen LogP contribution in [-0.4, -0.2) is 18.3 Å². The fourth-order valence-corrected chi connectivity index (χ4v) is 4.22. The predicted octanol–water partition coefficient (Wildman–Crippen LogP) is 4.22. The van der Waals surface area contributed by atoms with Gasteiger partial charge in [-0.3, -0.25) is 0 Å². The minimum Gasteiger partial charge on any atom is -0.368 e. The maximum atomic E-state index is 13.8. The molecule has 23 heavy (non-hydrogen) atoms. The Labute approximate surface area is 139 Å². The maximum Gasteiger partial charge on any atom is 0.128 e. The van der Waals surface area contributed by atoms with E-state index in [4.69, 9.17) is 14.2 Å². The molecule has 3 heterocycles. The summed E-state index contributed by atoms with van der Waals surface area (Å²) in [7, 11) is 0. The topological polar surface area (TPSA) is 27.7 Å². The molecule has 0 unspecified atom stereocenters. The van der Waals surface area contributed by atoms with Crippen molar-refractivity contribution in [3.8, 4) is 0 Å². The third-order valence-corrected chi connectivity index (χ3v) is 5.51. The summed E-state index contributed by atoms with van der Waals surface area (Å²) in [5.41, 5.74) is 1.79. The summed E-state index contributed by atoms with van der Waals surface area (Å²) < 4.78 is 32.0. The van der Waals surface area contributed by atoms with E-state index in [1.807, 2.05) is 6.07 Å². The Bertz CT molecular complexity index is 686. The standard InChI is InChI=1S/C18H19FO3S/c1-2-14-17(20-9-11-5-3-4-6-13(11)19)18-16(22-14)12-7-8-23-15(12)10-21-18/h3-8,14,16-18H,2,9-10H2,1H3/t14-,16-,17+,18+/m1/s1. The van der Waals surface area contributed by atoms with E-state index in [2.05, 4.69) is 18.4 Å². The van der Waals surface area contributed by atoms with Gasteiger partial charge in [0.15, 0.2) is 0 Å². The SMILES string of the molecule is CC[C@H]1O[C@@H]2c3ccsc3CO[C@@H]2[C@H]1OCc1ccccc1F. The van der Waals surface area contributed by atoms with Gasteiger partial charge in [-0.2, -0.15) is 0 Å². The maximum absolute atomic E-state index is 13.8. The van der Waals surface area contributed by atoms with Crippen LogP contribution in [-0.2, 0) is 27.4 Å². The van der Waals surface area contributed by atoms with Crippen LogP contribution in [0.1, 0.15) is 35.5 Å². The molecule has 1 saturated heterocycles. The van der Waals surface area contributed by atoms with Crippen LogP contribution >= 0.6 is 11.3 Å². The minimum atomic E-state index is -0.235. The van der Waals surface area contributed by atoms with Gasteiger partial charge >= 0.3 is 0 Å². The van der Waals surface area contributed by atoms with Crippen LogP contribution in [0.5, 0.6) is 0 Å². The first-order valence-electron chi connectivity index (χ1n) is 7.96. The second-order valence-corrected chi connectivity index (χ2v) is 6.95. The molecule has 4 rings (SSSR count). The van der Waals surface area contributed by atoms with E-state index in [9.17, 15) is 4.39 Å². The Morgan fingerprint density at radius 2 is 2.17 bits per heavy atom. The Morgan fingerprint density at radius 3 is 3.00 bits per heavy atom. The number of hydrogen-bond acceptors (Lipinski definition) is 4. The molecule has 5 heteroatoms. The first-order valence-corrected chi connectivity index (χ1v) is 8.84. The third-order valence-electron chi connectivity index (χ3n) is 4.59. The molecule has 1 aromatic heterocycles. The Morgan fingerprint density at radius 1 is 1.30 bits per heavy atom. The van der Waals surface area contributed by atoms with Crippen LogP contribution in [0.4, 0.5) is 4.39 Å². The highest BCUT2D eigenvalue weighted by Crippen LogP contribution is 2.44. The number of halogens is 1. The first-order chi connectivity index (χ1) is 11.3. The van der Waals surface area contributed by atoms with Crippen molar-refractivity contribution in [1.82, 2.24) is 0 Å². The van der Waals surface area contributed by atoms with Gasteiger partial charge < -0.3 is 14.2 Å². The second-order valence-electron chi connectivity index (χ2n) is 5.95. The van der Waals surface area contributed by atoms with Crippen molar-refractivity contribution in [1.29, 1.82) is 0 Å². The van der Waals surface area contributed by atoms with Gasteiger partial charge in [-0.15, -0.1) is 11.3 Å². The molecule has 1 aromatic carbocycles. The van der Waals surface area contributed by atoms with Gasteiger partial charge in [0.2, 0.25) is 0 Å². The van der Waals surface area contributed by atoms with Crippen LogP contribution in [0.15, 0.2) is 35.7 Å². The third kappa shape index (κ3) is 2.72. The number of ether oxygens (including phenoxy) is 3. The highest BCUT2D eigenvalue weighted by Gasteiger charge is 2.48. The lowest BCUT2D eigenvalue weighted by Crippen LogP contribution is -2.37. The zero-order chi connectivity index (χ0) is 15.8. The molecule has 2 aliphatic heterocycles. The van der Waals surface area contributed by atoms with Crippen molar-refractivity contribution < 1.29 is 18.6 Å². The number of hydrogen-bond donors (Lipinski definition) is 0. The summed E-state index contributed by atoms with van der Waals surface area (Å²) >= 11 is 1.70. The van der Waals surface area contributed by atoms with Gasteiger partial charge in [0.05, 0.1) is 19.3 Å². The highest BCUT2D eigenvalue weighted by molar-refractivity contribution is 7.10. The molecular weight excluding hydrogens is 315 g/mol. The van der Waals surface area contributed by atoms with Gasteiger partial charge in [-0.25, -0.2) is 4.39 Å². The molecule has 0 radical (unpaired) electrons. The molecule has 122 valence electrons. The van der Waals surface area contributed by atoms with Crippen molar-refractivity contribution in [3.63, 3.8) is 0 Å². The van der Waals surface area contributed by atoms with E-state index in [-0.39, 0.29) is 36.8 Å². The lowest BCUT2D eigenvalue weighted by atomic mass is 9.99. The fraction of sp³-hybridized carbons (Fsp3) is 0.444. The first kappa shape index (κ1) is 15.3. The smallest absolute Gasteiger partial charge is 0.128 e. The Balaban J connectivity index is 1.53. The zero-order valence-electron chi connectivity index (χ0n) is 12.9. The molecule has 2 aliphatic rings. The second kappa shape index (κ2) is 6.32. The van der Waals surface area contributed by atoms with Gasteiger partial charge in [0.1, 0.15) is 24.1 Å². The normalized spacial score (nSPS) is 29.3. The lowest BCUT2D eigenvalue weighted by molar-refractivity contribution is -0.0855. The molecule has 3 nitrogen and oxygen atoms in total. The Kier molecular flexibility index (Phi) is 4.20. The summed E-state index contributed by atoms with van der Waals surface area (Å²) in [6, 6.07) is 8.83. The minimum absolute atomic E-state index is 0.0253. The lowest BCUT2D eigenvalue weighted by Gasteiger charge is -2.28. The van der Waals surface area contributed by atoms with Gasteiger partial charge in [0, 0.05) is 10.4 Å². The number of rotatable bonds is 4. The molecule has 4 atom stereocenters. The van der Waals surface area contributed by atoms with Crippen LogP contribution in [0.25, 0.3) is 0 Å². The van der Waals surface area contributed by atoms with Crippen molar-refractivity contribution >= 4 is 11.3 Å². The van der Waals surface area contributed by atoms with Crippen LogP contribution in [0.2, 0.25) is 0 Å². The average Bonchev–Trinajstić information content (AvgIpc) is 3.17. The van der Waals surface area contributed by atoms with Gasteiger partial charge in [-0.05, 0) is 29.5 Å². The van der Waals surface area contributed by atoms with E-state index in [0.717, 1.165) is 6.42 Å². The van der Waals surface area contributed by atoms with E-state index >= 15 is 0 Å². The molecule has 0 aliphatic carbocycles.